The molecule has 274 valence electrons. The molecule has 0 saturated carbocycles. The number of hydrogen-bond donors (Lipinski definition) is 0. The fourth-order valence-corrected chi connectivity index (χ4v) is 9.74. The standard InChI is InChI=1S/C55H37ClN2/c56-38-29-32-50-47-27-15-16-28-51(47)55(52(50)35-38)53-36-43(57(39-17-5-1-6-18-39)40-19-7-2-8-20-40)30-33-48(53)45-25-13-14-26-46(45)49-34-31-44(37-54(49)55)58(41-21-9-3-10-22-41)42-23-11-4-12-24-42/h1-37H. The summed E-state index contributed by atoms with van der Waals surface area (Å²) < 4.78 is 0. The summed E-state index contributed by atoms with van der Waals surface area (Å²) in [5.41, 5.74) is 17.9. The topological polar surface area (TPSA) is 6.48 Å². The van der Waals surface area contributed by atoms with Crippen molar-refractivity contribution in [1.82, 2.24) is 0 Å². The Hall–Kier alpha value is -7.13. The Bertz CT molecular complexity index is 2730. The van der Waals surface area contributed by atoms with Gasteiger partial charge in [0, 0.05) is 39.1 Å². The molecular weight excluding hydrogens is 724 g/mol. The van der Waals surface area contributed by atoms with Gasteiger partial charge in [-0.1, -0.05) is 151 Å². The van der Waals surface area contributed by atoms with Crippen LogP contribution in [0.2, 0.25) is 5.02 Å². The summed E-state index contributed by atoms with van der Waals surface area (Å²) in [6.45, 7) is 0. The van der Waals surface area contributed by atoms with Crippen LogP contribution in [0, 0.1) is 0 Å². The molecule has 0 atom stereocenters. The first kappa shape index (κ1) is 34.1. The lowest BCUT2D eigenvalue weighted by molar-refractivity contribution is 0.775. The van der Waals surface area contributed by atoms with Crippen LogP contribution in [0.3, 0.4) is 0 Å². The summed E-state index contributed by atoms with van der Waals surface area (Å²) >= 11 is 7.12. The Morgan fingerprint density at radius 1 is 0.259 bits per heavy atom. The highest BCUT2D eigenvalue weighted by molar-refractivity contribution is 6.30. The first-order valence-electron chi connectivity index (χ1n) is 19.8. The number of rotatable bonds is 6. The van der Waals surface area contributed by atoms with Crippen molar-refractivity contribution in [2.24, 2.45) is 0 Å². The summed E-state index contributed by atoms with van der Waals surface area (Å²) in [6.07, 6.45) is 0. The van der Waals surface area contributed by atoms with Gasteiger partial charge in [-0.05, 0) is 141 Å². The van der Waals surface area contributed by atoms with Gasteiger partial charge < -0.3 is 9.80 Å². The van der Waals surface area contributed by atoms with Gasteiger partial charge in [-0.25, -0.2) is 0 Å². The largest absolute Gasteiger partial charge is 0.310 e. The molecule has 9 aromatic carbocycles. The molecule has 11 rings (SSSR count). The van der Waals surface area contributed by atoms with Gasteiger partial charge in [-0.15, -0.1) is 0 Å². The first-order valence-corrected chi connectivity index (χ1v) is 20.2. The molecule has 0 N–H and O–H groups in total. The molecule has 0 saturated heterocycles. The first-order chi connectivity index (χ1) is 28.7. The fraction of sp³-hybridized carbons (Fsp3) is 0.0182. The third-order valence-electron chi connectivity index (χ3n) is 11.9. The van der Waals surface area contributed by atoms with Gasteiger partial charge in [0.25, 0.3) is 0 Å². The molecule has 2 aliphatic carbocycles. The second kappa shape index (κ2) is 13.8. The van der Waals surface area contributed by atoms with Crippen molar-refractivity contribution >= 4 is 45.7 Å². The molecule has 0 fully saturated rings. The van der Waals surface area contributed by atoms with Crippen LogP contribution >= 0.6 is 11.6 Å². The van der Waals surface area contributed by atoms with E-state index in [0.29, 0.717) is 5.02 Å². The molecule has 58 heavy (non-hydrogen) atoms. The minimum Gasteiger partial charge on any atom is -0.310 e. The zero-order valence-electron chi connectivity index (χ0n) is 31.6. The molecule has 1 spiro atoms. The molecule has 0 aliphatic heterocycles. The molecule has 9 aromatic rings. The molecule has 0 radical (unpaired) electrons. The molecule has 2 aliphatic rings. The van der Waals surface area contributed by atoms with Gasteiger partial charge in [0.1, 0.15) is 0 Å². The zero-order valence-corrected chi connectivity index (χ0v) is 32.4. The Kier molecular flexibility index (Phi) is 8.13. The van der Waals surface area contributed by atoms with Crippen molar-refractivity contribution in [3.05, 3.63) is 252 Å². The molecular formula is C55H37ClN2. The van der Waals surface area contributed by atoms with Crippen molar-refractivity contribution in [1.29, 1.82) is 0 Å². The second-order valence-corrected chi connectivity index (χ2v) is 15.4. The lowest BCUT2D eigenvalue weighted by Gasteiger charge is -2.37. The fourth-order valence-electron chi connectivity index (χ4n) is 9.57. The van der Waals surface area contributed by atoms with E-state index in [1.54, 1.807) is 0 Å². The van der Waals surface area contributed by atoms with E-state index in [9.17, 15) is 0 Å². The van der Waals surface area contributed by atoms with E-state index < -0.39 is 5.41 Å². The van der Waals surface area contributed by atoms with Gasteiger partial charge in [0.15, 0.2) is 0 Å². The van der Waals surface area contributed by atoms with Crippen LogP contribution in [0.4, 0.5) is 34.1 Å². The molecule has 0 unspecified atom stereocenters. The maximum atomic E-state index is 7.12. The van der Waals surface area contributed by atoms with Gasteiger partial charge in [-0.2, -0.15) is 0 Å². The highest BCUT2D eigenvalue weighted by Gasteiger charge is 2.50. The number of benzene rings is 9. The predicted molar refractivity (Wildman–Crippen MR) is 243 cm³/mol. The molecule has 2 nitrogen and oxygen atoms in total. The van der Waals surface area contributed by atoms with E-state index >= 15 is 0 Å². The number of hydrogen-bond acceptors (Lipinski definition) is 2. The van der Waals surface area contributed by atoms with Crippen molar-refractivity contribution in [2.75, 3.05) is 9.80 Å². The number of halogens is 1. The number of anilines is 6. The van der Waals surface area contributed by atoms with Crippen molar-refractivity contribution < 1.29 is 0 Å². The summed E-state index contributed by atoms with van der Waals surface area (Å²) in [6, 6.07) is 81.3. The van der Waals surface area contributed by atoms with Gasteiger partial charge in [0.05, 0.1) is 5.41 Å². The van der Waals surface area contributed by atoms with E-state index in [1.165, 1.54) is 55.6 Å². The van der Waals surface area contributed by atoms with Crippen LogP contribution in [0.1, 0.15) is 22.3 Å². The van der Waals surface area contributed by atoms with Crippen LogP contribution in [0.25, 0.3) is 33.4 Å². The highest BCUT2D eigenvalue weighted by Crippen LogP contribution is 2.63. The van der Waals surface area contributed by atoms with Crippen LogP contribution in [-0.4, -0.2) is 0 Å². The molecule has 3 heteroatoms. The molecule has 0 heterocycles. The van der Waals surface area contributed by atoms with Crippen molar-refractivity contribution in [3.8, 4) is 33.4 Å². The Labute approximate surface area is 344 Å². The Morgan fingerprint density at radius 2 is 0.586 bits per heavy atom. The van der Waals surface area contributed by atoms with Crippen LogP contribution in [-0.2, 0) is 5.41 Å². The van der Waals surface area contributed by atoms with E-state index in [1.807, 2.05) is 6.07 Å². The Balaban J connectivity index is 1.29. The van der Waals surface area contributed by atoms with Crippen molar-refractivity contribution in [3.63, 3.8) is 0 Å². The number of para-hydroxylation sites is 4. The zero-order chi connectivity index (χ0) is 38.6. The van der Waals surface area contributed by atoms with Crippen LogP contribution in [0.15, 0.2) is 224 Å². The lowest BCUT2D eigenvalue weighted by Crippen LogP contribution is -2.30. The summed E-state index contributed by atoms with van der Waals surface area (Å²) in [5, 5.41) is 0.716. The third kappa shape index (κ3) is 5.26. The SMILES string of the molecule is Clc1ccc2c(c1)C1(c3cc(N(c4ccccc4)c4ccccc4)ccc3-c3ccccc3-c3ccc(N(c4ccccc4)c4ccccc4)cc31)c1ccccc1-2. The summed E-state index contributed by atoms with van der Waals surface area (Å²) in [7, 11) is 0. The van der Waals surface area contributed by atoms with Crippen molar-refractivity contribution in [2.45, 2.75) is 5.41 Å². The third-order valence-corrected chi connectivity index (χ3v) is 12.1. The minimum absolute atomic E-state index is 0.716. The number of nitrogens with zero attached hydrogens (tertiary/aromatic N) is 2. The van der Waals surface area contributed by atoms with E-state index in [2.05, 4.69) is 228 Å². The lowest BCUT2D eigenvalue weighted by atomic mass is 9.65. The second-order valence-electron chi connectivity index (χ2n) is 15.0. The highest BCUT2D eigenvalue weighted by atomic mass is 35.5. The van der Waals surface area contributed by atoms with Crippen LogP contribution < -0.4 is 9.80 Å². The quantitative estimate of drug-likeness (QED) is 0.167. The average molecular weight is 761 g/mol. The molecule has 0 bridgehead atoms. The monoisotopic (exact) mass is 760 g/mol. The normalized spacial score (nSPS) is 12.7. The number of fused-ring (bicyclic) bond motifs is 12. The van der Waals surface area contributed by atoms with E-state index in [-0.39, 0.29) is 0 Å². The maximum Gasteiger partial charge on any atom is 0.0727 e. The summed E-state index contributed by atoms with van der Waals surface area (Å²) in [4.78, 5) is 4.74. The van der Waals surface area contributed by atoms with E-state index in [4.69, 9.17) is 11.6 Å². The van der Waals surface area contributed by atoms with Gasteiger partial charge >= 0.3 is 0 Å². The maximum absolute atomic E-state index is 7.12. The minimum atomic E-state index is -0.745. The van der Waals surface area contributed by atoms with Crippen LogP contribution in [0.5, 0.6) is 0 Å². The van der Waals surface area contributed by atoms with Gasteiger partial charge in [0.2, 0.25) is 0 Å². The summed E-state index contributed by atoms with van der Waals surface area (Å²) in [5.74, 6) is 0. The molecule has 0 aromatic heterocycles. The predicted octanol–water partition coefficient (Wildman–Crippen LogP) is 15.3. The molecule has 0 amide bonds. The average Bonchev–Trinajstić information content (AvgIpc) is 3.52. The smallest absolute Gasteiger partial charge is 0.0727 e. The Morgan fingerprint density at radius 3 is 1.03 bits per heavy atom. The van der Waals surface area contributed by atoms with E-state index in [0.717, 1.165) is 34.1 Å². The van der Waals surface area contributed by atoms with Gasteiger partial charge in [-0.3, -0.25) is 0 Å².